The number of rotatable bonds is 5. The number of ether oxygens (including phenoxy) is 1. The number of nitrogens with zero attached hydrogens (tertiary/aromatic N) is 4. The smallest absolute Gasteiger partial charge is 0.414 e. The standard InChI is InChI=1S/C20H18FN5O4/c1-25-18(23-17(11-27)24-25)12-7-13(9-14(21)8-12)19(28)22-15-3-2-4-16(10-15)26-5-6-30-20(26)29/h2-4,7-10,27H,5-6,11H2,1H3,(H,22,28). The number of aliphatic hydroxyl groups excluding tert-OH is 1. The summed E-state index contributed by atoms with van der Waals surface area (Å²) in [6.45, 7) is 0.385. The molecule has 2 heterocycles. The van der Waals surface area contributed by atoms with Gasteiger partial charge in [0.1, 0.15) is 19.0 Å². The summed E-state index contributed by atoms with van der Waals surface area (Å²) < 4.78 is 20.5. The predicted octanol–water partition coefficient (Wildman–Crippen LogP) is 2.32. The molecule has 0 unspecified atom stereocenters. The molecule has 0 spiro atoms. The van der Waals surface area contributed by atoms with Gasteiger partial charge in [0, 0.05) is 29.5 Å². The quantitative estimate of drug-likeness (QED) is 0.667. The Hall–Kier alpha value is -3.79. The third-order valence-corrected chi connectivity index (χ3v) is 4.54. The number of aliphatic hydroxyl groups is 1. The molecule has 1 fully saturated rings. The molecular weight excluding hydrogens is 393 g/mol. The Kier molecular flexibility index (Phi) is 5.15. The number of halogens is 1. The SMILES string of the molecule is Cn1nc(CO)nc1-c1cc(F)cc(C(=O)Nc2cccc(N3CCOC3=O)c2)c1. The zero-order valence-electron chi connectivity index (χ0n) is 16.0. The van der Waals surface area contributed by atoms with Gasteiger partial charge in [0.15, 0.2) is 11.6 Å². The zero-order chi connectivity index (χ0) is 21.3. The van der Waals surface area contributed by atoms with E-state index in [1.54, 1.807) is 31.3 Å². The molecule has 0 aliphatic carbocycles. The Morgan fingerprint density at radius 2 is 2.13 bits per heavy atom. The van der Waals surface area contributed by atoms with Crippen LogP contribution in [-0.2, 0) is 18.4 Å². The zero-order valence-corrected chi connectivity index (χ0v) is 16.0. The van der Waals surface area contributed by atoms with Gasteiger partial charge in [-0.05, 0) is 36.4 Å². The lowest BCUT2D eigenvalue weighted by Crippen LogP contribution is -2.23. The van der Waals surface area contributed by atoms with Crippen molar-refractivity contribution in [3.05, 3.63) is 59.7 Å². The molecule has 9 nitrogen and oxygen atoms in total. The van der Waals surface area contributed by atoms with Crippen molar-refractivity contribution in [2.24, 2.45) is 7.05 Å². The second-order valence-electron chi connectivity index (χ2n) is 6.63. The minimum atomic E-state index is -0.611. The average molecular weight is 411 g/mol. The van der Waals surface area contributed by atoms with E-state index in [9.17, 15) is 19.1 Å². The highest BCUT2D eigenvalue weighted by Gasteiger charge is 2.23. The number of benzene rings is 2. The summed E-state index contributed by atoms with van der Waals surface area (Å²) in [5.74, 6) is -0.622. The Morgan fingerprint density at radius 3 is 2.83 bits per heavy atom. The minimum absolute atomic E-state index is 0.0875. The van der Waals surface area contributed by atoms with Crippen molar-refractivity contribution in [3.8, 4) is 11.4 Å². The number of aromatic nitrogens is 3. The van der Waals surface area contributed by atoms with Crippen LogP contribution in [0.15, 0.2) is 42.5 Å². The summed E-state index contributed by atoms with van der Waals surface area (Å²) in [5.41, 5.74) is 1.48. The maximum absolute atomic E-state index is 14.2. The van der Waals surface area contributed by atoms with Gasteiger partial charge in [-0.25, -0.2) is 18.9 Å². The lowest BCUT2D eigenvalue weighted by atomic mass is 10.1. The van der Waals surface area contributed by atoms with E-state index in [4.69, 9.17) is 4.74 Å². The van der Waals surface area contributed by atoms with Gasteiger partial charge in [-0.2, -0.15) is 5.10 Å². The van der Waals surface area contributed by atoms with Crippen molar-refractivity contribution in [2.45, 2.75) is 6.61 Å². The first-order valence-corrected chi connectivity index (χ1v) is 9.12. The molecule has 2 N–H and O–H groups in total. The van der Waals surface area contributed by atoms with E-state index in [2.05, 4.69) is 15.4 Å². The highest BCUT2D eigenvalue weighted by Crippen LogP contribution is 2.24. The summed E-state index contributed by atoms with van der Waals surface area (Å²) in [4.78, 5) is 30.1. The normalized spacial score (nSPS) is 13.4. The molecule has 154 valence electrons. The molecule has 30 heavy (non-hydrogen) atoms. The molecule has 3 aromatic rings. The molecule has 0 bridgehead atoms. The summed E-state index contributed by atoms with van der Waals surface area (Å²) in [5, 5.41) is 15.9. The maximum atomic E-state index is 14.2. The van der Waals surface area contributed by atoms with Gasteiger partial charge in [0.05, 0.1) is 6.54 Å². The summed E-state index contributed by atoms with van der Waals surface area (Å²) in [6.07, 6.45) is -0.445. The number of nitrogens with one attached hydrogen (secondary N) is 1. The molecule has 10 heteroatoms. The largest absolute Gasteiger partial charge is 0.447 e. The van der Waals surface area contributed by atoms with Crippen LogP contribution >= 0.6 is 0 Å². The molecule has 4 rings (SSSR count). The molecule has 2 aromatic carbocycles. The van der Waals surface area contributed by atoms with Crippen molar-refractivity contribution >= 4 is 23.4 Å². The number of hydrogen-bond acceptors (Lipinski definition) is 6. The summed E-state index contributed by atoms with van der Waals surface area (Å²) in [7, 11) is 1.61. The van der Waals surface area contributed by atoms with Crippen LogP contribution in [0.2, 0.25) is 0 Å². The second-order valence-corrected chi connectivity index (χ2v) is 6.63. The highest BCUT2D eigenvalue weighted by molar-refractivity contribution is 6.05. The molecule has 1 aliphatic heterocycles. The van der Waals surface area contributed by atoms with Crippen LogP contribution in [0, 0.1) is 5.82 Å². The van der Waals surface area contributed by atoms with Crippen LogP contribution in [0.1, 0.15) is 16.2 Å². The monoisotopic (exact) mass is 411 g/mol. The Balaban J connectivity index is 1.59. The Morgan fingerprint density at radius 1 is 1.30 bits per heavy atom. The number of anilines is 2. The molecule has 2 amide bonds. The van der Waals surface area contributed by atoms with Crippen molar-refractivity contribution in [1.29, 1.82) is 0 Å². The predicted molar refractivity (Wildman–Crippen MR) is 105 cm³/mol. The van der Waals surface area contributed by atoms with Crippen LogP contribution in [0.25, 0.3) is 11.4 Å². The van der Waals surface area contributed by atoms with Crippen molar-refractivity contribution in [1.82, 2.24) is 14.8 Å². The number of cyclic esters (lactones) is 1. The third-order valence-electron chi connectivity index (χ3n) is 4.54. The van der Waals surface area contributed by atoms with Crippen LogP contribution in [0.4, 0.5) is 20.6 Å². The van der Waals surface area contributed by atoms with Crippen LogP contribution < -0.4 is 10.2 Å². The molecule has 0 saturated carbocycles. The average Bonchev–Trinajstić information content (AvgIpc) is 3.33. The lowest BCUT2D eigenvalue weighted by molar-refractivity contribution is 0.102. The lowest BCUT2D eigenvalue weighted by Gasteiger charge is -2.14. The van der Waals surface area contributed by atoms with Crippen LogP contribution in [0.5, 0.6) is 0 Å². The van der Waals surface area contributed by atoms with Gasteiger partial charge in [-0.1, -0.05) is 6.07 Å². The van der Waals surface area contributed by atoms with E-state index in [1.165, 1.54) is 21.7 Å². The first-order chi connectivity index (χ1) is 14.4. The fourth-order valence-electron chi connectivity index (χ4n) is 3.19. The highest BCUT2D eigenvalue weighted by atomic mass is 19.1. The van der Waals surface area contributed by atoms with Gasteiger partial charge in [-0.3, -0.25) is 9.69 Å². The molecule has 0 atom stereocenters. The third kappa shape index (κ3) is 3.85. The maximum Gasteiger partial charge on any atom is 0.414 e. The first-order valence-electron chi connectivity index (χ1n) is 9.12. The fourth-order valence-corrected chi connectivity index (χ4v) is 3.19. The Bertz CT molecular complexity index is 1130. The van der Waals surface area contributed by atoms with Crippen molar-refractivity contribution in [2.75, 3.05) is 23.4 Å². The molecule has 1 aliphatic rings. The first kappa shape index (κ1) is 19.5. The van der Waals surface area contributed by atoms with Crippen molar-refractivity contribution in [3.63, 3.8) is 0 Å². The number of aryl methyl sites for hydroxylation is 1. The number of hydrogen-bond donors (Lipinski definition) is 2. The number of carbonyl (C=O) groups excluding carboxylic acids is 2. The van der Waals surface area contributed by atoms with Crippen LogP contribution in [-0.4, -0.2) is 45.0 Å². The van der Waals surface area contributed by atoms with E-state index in [1.807, 2.05) is 0 Å². The van der Waals surface area contributed by atoms with E-state index >= 15 is 0 Å². The Labute approximate surface area is 170 Å². The molecular formula is C20H18FN5O4. The van der Waals surface area contributed by atoms with E-state index in [0.29, 0.717) is 35.9 Å². The minimum Gasteiger partial charge on any atom is -0.447 e. The molecule has 0 radical (unpaired) electrons. The van der Waals surface area contributed by atoms with Gasteiger partial charge >= 0.3 is 6.09 Å². The van der Waals surface area contributed by atoms with Gasteiger partial charge in [0.25, 0.3) is 5.91 Å². The van der Waals surface area contributed by atoms with E-state index in [-0.39, 0.29) is 18.0 Å². The topological polar surface area (TPSA) is 110 Å². The number of carbonyl (C=O) groups is 2. The molecule has 1 aromatic heterocycles. The summed E-state index contributed by atoms with van der Waals surface area (Å²) >= 11 is 0. The summed E-state index contributed by atoms with van der Waals surface area (Å²) in [6, 6.07) is 10.6. The van der Waals surface area contributed by atoms with Gasteiger partial charge < -0.3 is 15.2 Å². The van der Waals surface area contributed by atoms with Gasteiger partial charge in [-0.15, -0.1) is 0 Å². The number of amides is 2. The molecule has 1 saturated heterocycles. The van der Waals surface area contributed by atoms with E-state index < -0.39 is 17.8 Å². The van der Waals surface area contributed by atoms with Gasteiger partial charge in [0.2, 0.25) is 0 Å². The fraction of sp³-hybridized carbons (Fsp3) is 0.200. The second kappa shape index (κ2) is 7.91. The van der Waals surface area contributed by atoms with E-state index in [0.717, 1.165) is 6.07 Å². The van der Waals surface area contributed by atoms with Crippen molar-refractivity contribution < 1.29 is 23.8 Å². The van der Waals surface area contributed by atoms with Crippen LogP contribution in [0.3, 0.4) is 0 Å².